The van der Waals surface area contributed by atoms with E-state index in [1.807, 2.05) is 18.0 Å². The van der Waals surface area contributed by atoms with Crippen LogP contribution in [-0.2, 0) is 11.0 Å². The summed E-state index contributed by atoms with van der Waals surface area (Å²) in [6, 6.07) is 5.99. The molecule has 0 radical (unpaired) electrons. The highest BCUT2D eigenvalue weighted by Crippen LogP contribution is 2.65. The third-order valence-electron chi connectivity index (χ3n) is 9.53. The van der Waals surface area contributed by atoms with Crippen LogP contribution in [0.3, 0.4) is 0 Å². The second-order valence-corrected chi connectivity index (χ2v) is 10.9. The summed E-state index contributed by atoms with van der Waals surface area (Å²) in [5, 5.41) is 0. The molecule has 1 aliphatic heterocycles. The number of benzene rings is 1. The minimum atomic E-state index is -4.31. The van der Waals surface area contributed by atoms with Crippen LogP contribution in [0.2, 0.25) is 0 Å². The Morgan fingerprint density at radius 3 is 2.62 bits per heavy atom. The molecule has 1 aromatic rings. The number of allylic oxidation sites excluding steroid dienone is 1. The maximum Gasteiger partial charge on any atom is 0.416 e. The van der Waals surface area contributed by atoms with E-state index in [4.69, 9.17) is 0 Å². The minimum Gasteiger partial charge on any atom is -0.338 e. The summed E-state index contributed by atoms with van der Waals surface area (Å²) >= 11 is 0. The molecule has 3 fully saturated rings. The Hall–Kier alpha value is -2.04. The van der Waals surface area contributed by atoms with Crippen LogP contribution in [0, 0.1) is 28.6 Å². The Labute approximate surface area is 188 Å². The number of carbonyl (C=O) groups excluding carboxylic acids is 1. The molecule has 3 saturated carbocycles. The average Bonchev–Trinajstić information content (AvgIpc) is 3.07. The monoisotopic (exact) mass is 443 g/mol. The number of nitrogens with zero attached hydrogens (tertiary/aromatic N) is 1. The molecule has 0 bridgehead atoms. The maximum absolute atomic E-state index is 13.2. The fourth-order valence-corrected chi connectivity index (χ4v) is 7.83. The minimum absolute atomic E-state index is 0.0143. The summed E-state index contributed by atoms with van der Waals surface area (Å²) in [5.74, 6) is 1.83. The van der Waals surface area contributed by atoms with Crippen LogP contribution in [0.4, 0.5) is 13.2 Å². The highest BCUT2D eigenvalue weighted by atomic mass is 19.4. The molecule has 0 N–H and O–H groups in total. The molecular weight excluding hydrogens is 411 g/mol. The standard InChI is InChI=1S/C27H32F3NO/c1-25-13-11-22-20(8-10-23-26(22,2)14-12-24(32)31(23)3)21(25)9-7-18(25)15-17-5-4-6-19(16-17)27(28,29)30/h4-6,12,14-16,20-23H,7-11,13H2,1-3H3/t20-,21-,22+,23?,25+,26+/m0/s1. The Kier molecular flexibility index (Phi) is 4.92. The predicted molar refractivity (Wildman–Crippen MR) is 120 cm³/mol. The largest absolute Gasteiger partial charge is 0.416 e. The van der Waals surface area contributed by atoms with Crippen LogP contribution in [0.1, 0.15) is 63.5 Å². The summed E-state index contributed by atoms with van der Waals surface area (Å²) in [6.45, 7) is 4.69. The van der Waals surface area contributed by atoms with Crippen molar-refractivity contribution in [2.75, 3.05) is 7.05 Å². The molecule has 4 aliphatic rings. The Balaban J connectivity index is 1.44. The van der Waals surface area contributed by atoms with Gasteiger partial charge >= 0.3 is 6.18 Å². The number of likely N-dealkylation sites (N-methyl/N-ethyl adjacent to an activating group) is 1. The van der Waals surface area contributed by atoms with Gasteiger partial charge < -0.3 is 4.90 Å². The lowest BCUT2D eigenvalue weighted by Crippen LogP contribution is -2.59. The molecule has 0 spiro atoms. The molecule has 3 aliphatic carbocycles. The van der Waals surface area contributed by atoms with Gasteiger partial charge in [0.1, 0.15) is 0 Å². The molecule has 0 saturated heterocycles. The van der Waals surface area contributed by atoms with Gasteiger partial charge in [0.25, 0.3) is 0 Å². The average molecular weight is 444 g/mol. The number of hydrogen-bond donors (Lipinski definition) is 0. The molecule has 1 aromatic carbocycles. The van der Waals surface area contributed by atoms with Gasteiger partial charge in [-0.15, -0.1) is 0 Å². The molecule has 1 unspecified atom stereocenters. The Morgan fingerprint density at radius 1 is 1.09 bits per heavy atom. The van der Waals surface area contributed by atoms with E-state index in [1.54, 1.807) is 12.1 Å². The summed E-state index contributed by atoms with van der Waals surface area (Å²) in [5.41, 5.74) is 1.46. The lowest BCUT2D eigenvalue weighted by atomic mass is 9.48. The molecule has 2 nitrogen and oxygen atoms in total. The number of carbonyl (C=O) groups is 1. The molecule has 1 amide bonds. The summed E-state index contributed by atoms with van der Waals surface area (Å²) in [7, 11) is 1.94. The van der Waals surface area contributed by atoms with Crippen LogP contribution >= 0.6 is 0 Å². The molecule has 6 atom stereocenters. The fourth-order valence-electron chi connectivity index (χ4n) is 7.83. The normalized spacial score (nSPS) is 40.2. The summed E-state index contributed by atoms with van der Waals surface area (Å²) < 4.78 is 39.6. The van der Waals surface area contributed by atoms with E-state index in [1.165, 1.54) is 17.7 Å². The molecule has 172 valence electrons. The van der Waals surface area contributed by atoms with Gasteiger partial charge in [-0.2, -0.15) is 13.2 Å². The van der Waals surface area contributed by atoms with Gasteiger partial charge in [0, 0.05) is 18.5 Å². The molecule has 5 heteroatoms. The van der Waals surface area contributed by atoms with E-state index in [9.17, 15) is 18.0 Å². The van der Waals surface area contributed by atoms with E-state index in [0.717, 1.165) is 44.6 Å². The molecule has 32 heavy (non-hydrogen) atoms. The van der Waals surface area contributed by atoms with Crippen LogP contribution in [-0.4, -0.2) is 23.9 Å². The SMILES string of the molecule is CN1C(=O)C=C[C@@]2(C)C1CC[C@@H]1[C@H]2CC[C@]2(C)C(=Cc3cccc(C(F)(F)F)c3)CC[C@@H]12. The number of alkyl halides is 3. The zero-order valence-corrected chi connectivity index (χ0v) is 19.1. The van der Waals surface area contributed by atoms with Crippen molar-refractivity contribution in [3.63, 3.8) is 0 Å². The van der Waals surface area contributed by atoms with E-state index < -0.39 is 11.7 Å². The summed E-state index contributed by atoms with van der Waals surface area (Å²) in [4.78, 5) is 14.2. The topological polar surface area (TPSA) is 20.3 Å². The number of amides is 1. The highest BCUT2D eigenvalue weighted by Gasteiger charge is 2.59. The smallest absolute Gasteiger partial charge is 0.338 e. The molecule has 5 rings (SSSR count). The van der Waals surface area contributed by atoms with Crippen LogP contribution in [0.5, 0.6) is 0 Å². The maximum atomic E-state index is 13.2. The van der Waals surface area contributed by atoms with Crippen molar-refractivity contribution < 1.29 is 18.0 Å². The molecular formula is C27H32F3NO. The van der Waals surface area contributed by atoms with Crippen molar-refractivity contribution in [3.05, 3.63) is 53.1 Å². The molecule has 0 aromatic heterocycles. The first kappa shape index (κ1) is 21.8. The van der Waals surface area contributed by atoms with Gasteiger partial charge in [0.05, 0.1) is 5.56 Å². The number of fused-ring (bicyclic) bond motifs is 5. The van der Waals surface area contributed by atoms with Gasteiger partial charge in [-0.25, -0.2) is 0 Å². The number of hydrogen-bond acceptors (Lipinski definition) is 1. The second kappa shape index (κ2) is 7.23. The third-order valence-corrected chi connectivity index (χ3v) is 9.53. The van der Waals surface area contributed by atoms with E-state index >= 15 is 0 Å². The van der Waals surface area contributed by atoms with Crippen molar-refractivity contribution in [3.8, 4) is 0 Å². The van der Waals surface area contributed by atoms with Gasteiger partial charge in [-0.3, -0.25) is 4.79 Å². The quantitative estimate of drug-likeness (QED) is 0.471. The van der Waals surface area contributed by atoms with Crippen LogP contribution < -0.4 is 0 Å². The first-order valence-corrected chi connectivity index (χ1v) is 11.9. The lowest BCUT2D eigenvalue weighted by Gasteiger charge is -2.59. The number of halogens is 3. The summed E-state index contributed by atoms with van der Waals surface area (Å²) in [6.07, 6.45) is 8.09. The lowest BCUT2D eigenvalue weighted by molar-refractivity contribution is -0.138. The van der Waals surface area contributed by atoms with Gasteiger partial charge in [-0.1, -0.05) is 43.7 Å². The van der Waals surface area contributed by atoms with Crippen molar-refractivity contribution in [1.82, 2.24) is 4.90 Å². The van der Waals surface area contributed by atoms with Crippen molar-refractivity contribution in [1.29, 1.82) is 0 Å². The first-order chi connectivity index (χ1) is 15.0. The van der Waals surface area contributed by atoms with Crippen LogP contribution in [0.25, 0.3) is 6.08 Å². The Morgan fingerprint density at radius 2 is 1.88 bits per heavy atom. The van der Waals surface area contributed by atoms with E-state index in [0.29, 0.717) is 23.3 Å². The van der Waals surface area contributed by atoms with Crippen molar-refractivity contribution in [2.45, 2.75) is 64.6 Å². The Bertz CT molecular complexity index is 995. The zero-order valence-electron chi connectivity index (χ0n) is 19.1. The highest BCUT2D eigenvalue weighted by molar-refractivity contribution is 5.89. The first-order valence-electron chi connectivity index (χ1n) is 11.9. The van der Waals surface area contributed by atoms with Crippen molar-refractivity contribution in [2.24, 2.45) is 28.6 Å². The van der Waals surface area contributed by atoms with Gasteiger partial charge in [0.15, 0.2) is 0 Å². The number of rotatable bonds is 1. The van der Waals surface area contributed by atoms with Crippen molar-refractivity contribution >= 4 is 12.0 Å². The van der Waals surface area contributed by atoms with Crippen LogP contribution in [0.15, 0.2) is 42.0 Å². The molecule has 1 heterocycles. The van der Waals surface area contributed by atoms with E-state index in [-0.39, 0.29) is 22.8 Å². The zero-order chi connectivity index (χ0) is 22.9. The second-order valence-electron chi connectivity index (χ2n) is 10.9. The van der Waals surface area contributed by atoms with Gasteiger partial charge in [-0.05, 0) is 85.5 Å². The van der Waals surface area contributed by atoms with E-state index in [2.05, 4.69) is 19.9 Å². The predicted octanol–water partition coefficient (Wildman–Crippen LogP) is 6.73. The van der Waals surface area contributed by atoms with Gasteiger partial charge in [0.2, 0.25) is 5.91 Å². The third kappa shape index (κ3) is 3.18. The fraction of sp³-hybridized carbons (Fsp3) is 0.593.